The maximum atomic E-state index is 13.0. The van der Waals surface area contributed by atoms with Crippen LogP contribution in [0.5, 0.6) is 5.75 Å². The molecule has 1 N–H and O–H groups in total. The number of furan rings is 1. The Labute approximate surface area is 174 Å². The molecule has 3 aromatic rings. The molecule has 152 valence electrons. The molecule has 0 spiro atoms. The van der Waals surface area contributed by atoms with Crippen molar-refractivity contribution in [1.29, 1.82) is 0 Å². The minimum Gasteiger partial charge on any atom is -0.507 e. The average molecular weight is 403 g/mol. The largest absolute Gasteiger partial charge is 0.507 e. The summed E-state index contributed by atoms with van der Waals surface area (Å²) >= 11 is 0. The van der Waals surface area contributed by atoms with Gasteiger partial charge in [-0.05, 0) is 48.9 Å². The molecule has 1 aliphatic rings. The SMILES string of the molecule is COc1ccc(C(O)=C2C(=O)C(=O)N(Cc3ccco3)C2c2ccc(C)cc2)cc1. The number of hydrogen-bond acceptors (Lipinski definition) is 5. The molecule has 1 saturated heterocycles. The summed E-state index contributed by atoms with van der Waals surface area (Å²) in [5, 5.41) is 11.0. The number of rotatable bonds is 5. The molecule has 6 nitrogen and oxygen atoms in total. The highest BCUT2D eigenvalue weighted by Crippen LogP contribution is 2.40. The molecule has 2 aromatic carbocycles. The molecule has 1 aromatic heterocycles. The van der Waals surface area contributed by atoms with Gasteiger partial charge in [-0.3, -0.25) is 9.59 Å². The molecule has 2 heterocycles. The van der Waals surface area contributed by atoms with E-state index in [0.717, 1.165) is 11.1 Å². The number of ketones is 1. The predicted octanol–water partition coefficient (Wildman–Crippen LogP) is 4.22. The molecule has 30 heavy (non-hydrogen) atoms. The lowest BCUT2D eigenvalue weighted by Crippen LogP contribution is -2.29. The van der Waals surface area contributed by atoms with Crippen molar-refractivity contribution in [2.24, 2.45) is 0 Å². The van der Waals surface area contributed by atoms with E-state index in [1.54, 1.807) is 43.5 Å². The lowest BCUT2D eigenvalue weighted by molar-refractivity contribution is -0.140. The Balaban J connectivity index is 1.84. The van der Waals surface area contributed by atoms with E-state index in [9.17, 15) is 14.7 Å². The maximum absolute atomic E-state index is 13.0. The number of Topliss-reactive ketones (excluding diaryl/α,β-unsaturated/α-hetero) is 1. The smallest absolute Gasteiger partial charge is 0.296 e. The highest BCUT2D eigenvalue weighted by Gasteiger charge is 2.46. The Morgan fingerprint density at radius 2 is 1.77 bits per heavy atom. The van der Waals surface area contributed by atoms with Crippen LogP contribution in [0.3, 0.4) is 0 Å². The van der Waals surface area contributed by atoms with Crippen LogP contribution in [0.4, 0.5) is 0 Å². The van der Waals surface area contributed by atoms with Gasteiger partial charge < -0.3 is 19.2 Å². The second kappa shape index (κ2) is 7.91. The van der Waals surface area contributed by atoms with Gasteiger partial charge in [0.05, 0.1) is 31.5 Å². The van der Waals surface area contributed by atoms with Crippen LogP contribution >= 0.6 is 0 Å². The molecule has 0 aliphatic carbocycles. The minimum atomic E-state index is -0.724. The molecule has 0 radical (unpaired) electrons. The summed E-state index contributed by atoms with van der Waals surface area (Å²) in [5.74, 6) is -0.436. The van der Waals surface area contributed by atoms with Crippen LogP contribution in [-0.4, -0.2) is 28.8 Å². The molecular formula is C24H21NO5. The summed E-state index contributed by atoms with van der Waals surface area (Å²) in [6, 6.07) is 17.0. The monoisotopic (exact) mass is 403 g/mol. The number of hydrogen-bond donors (Lipinski definition) is 1. The molecule has 1 atom stereocenters. The summed E-state index contributed by atoms with van der Waals surface area (Å²) in [4.78, 5) is 27.3. The number of aryl methyl sites for hydroxylation is 1. The van der Waals surface area contributed by atoms with Gasteiger partial charge in [-0.15, -0.1) is 0 Å². The van der Waals surface area contributed by atoms with Gasteiger partial charge in [0.15, 0.2) is 0 Å². The van der Waals surface area contributed by atoms with Crippen molar-refractivity contribution in [3.05, 3.63) is 95.0 Å². The van der Waals surface area contributed by atoms with Crippen LogP contribution in [0.15, 0.2) is 76.9 Å². The number of methoxy groups -OCH3 is 1. The first-order valence-corrected chi connectivity index (χ1v) is 9.51. The van der Waals surface area contributed by atoms with Crippen molar-refractivity contribution in [2.45, 2.75) is 19.5 Å². The van der Waals surface area contributed by atoms with Crippen molar-refractivity contribution in [2.75, 3.05) is 7.11 Å². The number of aliphatic hydroxyl groups excluding tert-OH is 1. The molecule has 1 fully saturated rings. The maximum Gasteiger partial charge on any atom is 0.296 e. The van der Waals surface area contributed by atoms with E-state index < -0.39 is 17.7 Å². The van der Waals surface area contributed by atoms with Gasteiger partial charge in [0.2, 0.25) is 0 Å². The highest BCUT2D eigenvalue weighted by molar-refractivity contribution is 6.46. The van der Waals surface area contributed by atoms with Gasteiger partial charge >= 0.3 is 0 Å². The van der Waals surface area contributed by atoms with E-state index in [1.165, 1.54) is 11.2 Å². The highest BCUT2D eigenvalue weighted by atomic mass is 16.5. The number of aliphatic hydroxyl groups is 1. The van der Waals surface area contributed by atoms with Gasteiger partial charge in [0, 0.05) is 5.56 Å². The average Bonchev–Trinajstić information content (AvgIpc) is 3.36. The third-order valence-electron chi connectivity index (χ3n) is 5.20. The first-order chi connectivity index (χ1) is 14.5. The third-order valence-corrected chi connectivity index (χ3v) is 5.20. The topological polar surface area (TPSA) is 80.0 Å². The van der Waals surface area contributed by atoms with Crippen molar-refractivity contribution in [3.63, 3.8) is 0 Å². The van der Waals surface area contributed by atoms with Crippen LogP contribution in [0, 0.1) is 6.92 Å². The zero-order valence-electron chi connectivity index (χ0n) is 16.7. The van der Waals surface area contributed by atoms with Gasteiger partial charge in [0.25, 0.3) is 11.7 Å². The van der Waals surface area contributed by atoms with E-state index in [2.05, 4.69) is 0 Å². The van der Waals surface area contributed by atoms with Crippen LogP contribution in [0.25, 0.3) is 5.76 Å². The Hall–Kier alpha value is -3.80. The van der Waals surface area contributed by atoms with E-state index in [1.807, 2.05) is 31.2 Å². The number of amides is 1. The van der Waals surface area contributed by atoms with Crippen LogP contribution in [0.2, 0.25) is 0 Å². The van der Waals surface area contributed by atoms with Gasteiger partial charge in [0.1, 0.15) is 17.3 Å². The lowest BCUT2D eigenvalue weighted by atomic mass is 9.94. The van der Waals surface area contributed by atoms with Gasteiger partial charge in [-0.25, -0.2) is 0 Å². The first kappa shape index (κ1) is 19.5. The Kier molecular flexibility index (Phi) is 5.14. The lowest BCUT2D eigenvalue weighted by Gasteiger charge is -2.24. The Morgan fingerprint density at radius 1 is 1.07 bits per heavy atom. The van der Waals surface area contributed by atoms with Crippen molar-refractivity contribution in [3.8, 4) is 5.75 Å². The second-order valence-electron chi connectivity index (χ2n) is 7.15. The zero-order valence-corrected chi connectivity index (χ0v) is 16.7. The molecule has 0 bridgehead atoms. The summed E-state index contributed by atoms with van der Waals surface area (Å²) in [5.41, 5.74) is 2.28. The fraction of sp³-hybridized carbons (Fsp3) is 0.167. The molecule has 4 rings (SSSR count). The van der Waals surface area contributed by atoms with E-state index in [0.29, 0.717) is 17.1 Å². The van der Waals surface area contributed by atoms with Crippen molar-refractivity contribution < 1.29 is 23.8 Å². The fourth-order valence-corrected chi connectivity index (χ4v) is 3.61. The molecule has 0 saturated carbocycles. The number of carbonyl (C=O) groups is 2. The normalized spacial score (nSPS) is 18.1. The summed E-state index contributed by atoms with van der Waals surface area (Å²) < 4.78 is 10.5. The van der Waals surface area contributed by atoms with Crippen LogP contribution in [0.1, 0.15) is 28.5 Å². The third kappa shape index (κ3) is 3.48. The van der Waals surface area contributed by atoms with Crippen LogP contribution < -0.4 is 4.74 Å². The van der Waals surface area contributed by atoms with Gasteiger partial charge in [-0.1, -0.05) is 29.8 Å². The molecule has 1 amide bonds. The first-order valence-electron chi connectivity index (χ1n) is 9.51. The number of nitrogens with zero attached hydrogens (tertiary/aromatic N) is 1. The molecule has 1 aliphatic heterocycles. The zero-order chi connectivity index (χ0) is 21.3. The molecular weight excluding hydrogens is 382 g/mol. The number of carbonyl (C=O) groups excluding carboxylic acids is 2. The predicted molar refractivity (Wildman–Crippen MR) is 111 cm³/mol. The standard InChI is InChI=1S/C24H21NO5/c1-15-5-7-16(8-6-15)21-20(22(26)17-9-11-18(29-2)12-10-17)23(27)24(28)25(21)14-19-4-3-13-30-19/h3-13,21,26H,14H2,1-2H3. The minimum absolute atomic E-state index is 0.0561. The van der Waals surface area contributed by atoms with Crippen molar-refractivity contribution >= 4 is 17.4 Å². The summed E-state index contributed by atoms with van der Waals surface area (Å²) in [6.07, 6.45) is 1.52. The van der Waals surface area contributed by atoms with E-state index in [-0.39, 0.29) is 17.9 Å². The number of benzene rings is 2. The second-order valence-corrected chi connectivity index (χ2v) is 7.15. The Bertz CT molecular complexity index is 1100. The fourth-order valence-electron chi connectivity index (χ4n) is 3.61. The number of ether oxygens (including phenoxy) is 1. The summed E-state index contributed by atoms with van der Waals surface area (Å²) in [7, 11) is 1.55. The van der Waals surface area contributed by atoms with Gasteiger partial charge in [-0.2, -0.15) is 0 Å². The number of likely N-dealkylation sites (tertiary alicyclic amines) is 1. The van der Waals surface area contributed by atoms with E-state index >= 15 is 0 Å². The van der Waals surface area contributed by atoms with Crippen molar-refractivity contribution in [1.82, 2.24) is 4.90 Å². The summed E-state index contributed by atoms with van der Waals surface area (Å²) in [6.45, 7) is 2.08. The molecule has 6 heteroatoms. The molecule has 1 unspecified atom stereocenters. The van der Waals surface area contributed by atoms with Crippen LogP contribution in [-0.2, 0) is 16.1 Å². The quantitative estimate of drug-likeness (QED) is 0.392. The van der Waals surface area contributed by atoms with E-state index in [4.69, 9.17) is 9.15 Å². The Morgan fingerprint density at radius 3 is 2.37 bits per heavy atom.